The molecule has 0 aromatic rings. The van der Waals surface area contributed by atoms with E-state index >= 15 is 0 Å². The van der Waals surface area contributed by atoms with Gasteiger partial charge in [0.15, 0.2) is 0 Å². The normalized spacial score (nSPS) is 26.4. The zero-order valence-corrected chi connectivity index (χ0v) is 11.3. The minimum absolute atomic E-state index is 0.344. The molecule has 17 heavy (non-hydrogen) atoms. The lowest BCUT2D eigenvalue weighted by Gasteiger charge is -2.38. The van der Waals surface area contributed by atoms with E-state index in [1.165, 1.54) is 38.8 Å². The Balaban J connectivity index is 1.70. The molecule has 3 nitrogen and oxygen atoms in total. The molecule has 96 valence electrons. The first-order chi connectivity index (χ1) is 8.08. The summed E-state index contributed by atoms with van der Waals surface area (Å²) < 4.78 is 0. The smallest absolute Gasteiger partial charge is 0.0628 e. The molecular weight excluding hydrogens is 210 g/mol. The molecule has 1 aliphatic carbocycles. The van der Waals surface area contributed by atoms with Crippen molar-refractivity contribution in [1.29, 1.82) is 5.26 Å². The molecule has 0 bridgehead atoms. The second-order valence-corrected chi connectivity index (χ2v) is 6.55. The van der Waals surface area contributed by atoms with Gasteiger partial charge in [0.05, 0.1) is 6.07 Å². The average Bonchev–Trinajstić information content (AvgIpc) is 3.04. The van der Waals surface area contributed by atoms with Gasteiger partial charge in [-0.3, -0.25) is 0 Å². The van der Waals surface area contributed by atoms with E-state index in [0.29, 0.717) is 10.8 Å². The van der Waals surface area contributed by atoms with Crippen LogP contribution in [0.2, 0.25) is 0 Å². The van der Waals surface area contributed by atoms with Gasteiger partial charge in [-0.15, -0.1) is 0 Å². The maximum Gasteiger partial charge on any atom is 0.0628 e. The topological polar surface area (TPSA) is 39.1 Å². The van der Waals surface area contributed by atoms with E-state index < -0.39 is 0 Å². The average molecular weight is 235 g/mol. The van der Waals surface area contributed by atoms with Crippen LogP contribution in [-0.2, 0) is 0 Å². The summed E-state index contributed by atoms with van der Waals surface area (Å²) in [4.78, 5) is 2.42. The van der Waals surface area contributed by atoms with Crippen molar-refractivity contribution in [2.45, 2.75) is 39.0 Å². The summed E-state index contributed by atoms with van der Waals surface area (Å²) in [6.07, 6.45) is 5.81. The molecule has 2 rings (SSSR count). The molecular formula is C14H25N3. The molecule has 1 saturated carbocycles. The Morgan fingerprint density at radius 3 is 2.35 bits per heavy atom. The van der Waals surface area contributed by atoms with Gasteiger partial charge in [-0.25, -0.2) is 0 Å². The van der Waals surface area contributed by atoms with E-state index in [2.05, 4.69) is 30.3 Å². The van der Waals surface area contributed by atoms with Crippen LogP contribution < -0.4 is 5.32 Å². The van der Waals surface area contributed by atoms with Crippen molar-refractivity contribution in [2.24, 2.45) is 10.8 Å². The van der Waals surface area contributed by atoms with Crippen molar-refractivity contribution in [3.05, 3.63) is 0 Å². The summed E-state index contributed by atoms with van der Waals surface area (Å²) in [6.45, 7) is 7.01. The summed E-state index contributed by atoms with van der Waals surface area (Å²) in [7, 11) is 2.21. The maximum atomic E-state index is 8.79. The molecule has 0 radical (unpaired) electrons. The van der Waals surface area contributed by atoms with Gasteiger partial charge in [-0.05, 0) is 56.7 Å². The highest BCUT2D eigenvalue weighted by molar-refractivity contribution is 5.01. The van der Waals surface area contributed by atoms with E-state index in [4.69, 9.17) is 5.26 Å². The van der Waals surface area contributed by atoms with Crippen LogP contribution in [0.1, 0.15) is 39.0 Å². The Bertz CT molecular complexity index is 293. The fraction of sp³-hybridized carbons (Fsp3) is 0.929. The molecule has 3 heteroatoms. The minimum Gasteiger partial charge on any atom is -0.316 e. The van der Waals surface area contributed by atoms with Gasteiger partial charge in [-0.1, -0.05) is 6.92 Å². The highest BCUT2D eigenvalue weighted by Crippen LogP contribution is 2.48. The second-order valence-electron chi connectivity index (χ2n) is 6.55. The Morgan fingerprint density at radius 1 is 1.18 bits per heavy atom. The molecule has 0 aromatic carbocycles. The van der Waals surface area contributed by atoms with Crippen molar-refractivity contribution in [3.63, 3.8) is 0 Å². The third kappa shape index (κ3) is 3.43. The standard InChI is InChI=1S/C14H25N3/c1-13(6-9-17(2)10-7-13)11-16-12-14(3-4-14)5-8-15/h16H,3-7,9-12H2,1-2H3. The van der Waals surface area contributed by atoms with Gasteiger partial charge in [0, 0.05) is 19.5 Å². The number of nitrogens with one attached hydrogen (secondary N) is 1. The van der Waals surface area contributed by atoms with Crippen LogP contribution in [-0.4, -0.2) is 38.1 Å². The number of hydrogen-bond donors (Lipinski definition) is 1. The molecule has 0 unspecified atom stereocenters. The Morgan fingerprint density at radius 2 is 1.82 bits per heavy atom. The van der Waals surface area contributed by atoms with Crippen molar-refractivity contribution < 1.29 is 0 Å². The van der Waals surface area contributed by atoms with Crippen molar-refractivity contribution in [2.75, 3.05) is 33.2 Å². The van der Waals surface area contributed by atoms with E-state index in [9.17, 15) is 0 Å². The Labute approximate surface area is 105 Å². The first-order valence-corrected chi connectivity index (χ1v) is 6.84. The van der Waals surface area contributed by atoms with E-state index in [1.54, 1.807) is 0 Å². The summed E-state index contributed by atoms with van der Waals surface area (Å²) >= 11 is 0. The van der Waals surface area contributed by atoms with Gasteiger partial charge >= 0.3 is 0 Å². The van der Waals surface area contributed by atoms with Crippen LogP contribution in [0.25, 0.3) is 0 Å². The molecule has 2 aliphatic rings. The van der Waals surface area contributed by atoms with Crippen molar-refractivity contribution in [3.8, 4) is 6.07 Å². The first-order valence-electron chi connectivity index (χ1n) is 6.84. The minimum atomic E-state index is 0.344. The van der Waals surface area contributed by atoms with Crippen molar-refractivity contribution in [1.82, 2.24) is 10.2 Å². The lowest BCUT2D eigenvalue weighted by Crippen LogP contribution is -2.43. The molecule has 0 amide bonds. The number of piperidine rings is 1. The van der Waals surface area contributed by atoms with E-state index in [0.717, 1.165) is 19.5 Å². The van der Waals surface area contributed by atoms with Crippen LogP contribution in [0.15, 0.2) is 0 Å². The summed E-state index contributed by atoms with van der Waals surface area (Å²) in [5.41, 5.74) is 0.811. The lowest BCUT2D eigenvalue weighted by atomic mass is 9.80. The van der Waals surface area contributed by atoms with Crippen LogP contribution in [0.4, 0.5) is 0 Å². The van der Waals surface area contributed by atoms with Crippen LogP contribution in [0.3, 0.4) is 0 Å². The van der Waals surface area contributed by atoms with Gasteiger partial charge < -0.3 is 10.2 Å². The number of nitriles is 1. The third-order valence-corrected chi connectivity index (χ3v) is 4.66. The number of hydrogen-bond acceptors (Lipinski definition) is 3. The molecule has 1 saturated heterocycles. The predicted molar refractivity (Wildman–Crippen MR) is 69.6 cm³/mol. The fourth-order valence-electron chi connectivity index (χ4n) is 2.73. The van der Waals surface area contributed by atoms with Crippen LogP contribution >= 0.6 is 0 Å². The number of likely N-dealkylation sites (tertiary alicyclic amines) is 1. The predicted octanol–water partition coefficient (Wildman–Crippen LogP) is 2.00. The molecule has 2 fully saturated rings. The van der Waals surface area contributed by atoms with Gasteiger partial charge in [-0.2, -0.15) is 5.26 Å². The SMILES string of the molecule is CN1CCC(C)(CNCC2(CC#N)CC2)CC1. The van der Waals surface area contributed by atoms with Crippen LogP contribution in [0, 0.1) is 22.2 Å². The molecule has 1 aliphatic heterocycles. The zero-order chi connectivity index (χ0) is 12.4. The van der Waals surface area contributed by atoms with E-state index in [-0.39, 0.29) is 0 Å². The summed E-state index contributed by atoms with van der Waals surface area (Å²) in [5, 5.41) is 12.4. The van der Waals surface area contributed by atoms with Gasteiger partial charge in [0.1, 0.15) is 0 Å². The van der Waals surface area contributed by atoms with Crippen LogP contribution in [0.5, 0.6) is 0 Å². The maximum absolute atomic E-state index is 8.79. The Kier molecular flexibility index (Phi) is 3.75. The van der Waals surface area contributed by atoms with E-state index in [1.807, 2.05) is 0 Å². The summed E-state index contributed by atoms with van der Waals surface area (Å²) in [5.74, 6) is 0. The number of rotatable bonds is 5. The molecule has 1 heterocycles. The van der Waals surface area contributed by atoms with Crippen molar-refractivity contribution >= 4 is 0 Å². The fourth-order valence-corrected chi connectivity index (χ4v) is 2.73. The summed E-state index contributed by atoms with van der Waals surface area (Å²) in [6, 6.07) is 2.33. The Hall–Kier alpha value is -0.590. The highest BCUT2D eigenvalue weighted by Gasteiger charge is 2.42. The largest absolute Gasteiger partial charge is 0.316 e. The molecule has 0 spiro atoms. The van der Waals surface area contributed by atoms with Gasteiger partial charge in [0.25, 0.3) is 0 Å². The monoisotopic (exact) mass is 235 g/mol. The highest BCUT2D eigenvalue weighted by atomic mass is 15.1. The number of nitrogens with zero attached hydrogens (tertiary/aromatic N) is 2. The van der Waals surface area contributed by atoms with Gasteiger partial charge in [0.2, 0.25) is 0 Å². The second kappa shape index (κ2) is 4.96. The lowest BCUT2D eigenvalue weighted by molar-refractivity contribution is 0.135. The molecule has 0 atom stereocenters. The third-order valence-electron chi connectivity index (χ3n) is 4.66. The quantitative estimate of drug-likeness (QED) is 0.792. The molecule has 1 N–H and O–H groups in total. The first kappa shape index (κ1) is 12.9. The molecule has 0 aromatic heterocycles. The zero-order valence-electron chi connectivity index (χ0n) is 11.3.